The Morgan fingerprint density at radius 3 is 2.69 bits per heavy atom. The van der Waals surface area contributed by atoms with Gasteiger partial charge in [0, 0.05) is 15.9 Å². The lowest BCUT2D eigenvalue weighted by Crippen LogP contribution is -2.43. The highest BCUT2D eigenvalue weighted by Crippen LogP contribution is 2.19. The second kappa shape index (κ2) is 8.42. The van der Waals surface area contributed by atoms with Crippen LogP contribution in [-0.2, 0) is 9.59 Å². The second-order valence-corrected chi connectivity index (χ2v) is 7.25. The van der Waals surface area contributed by atoms with Crippen molar-refractivity contribution in [3.63, 3.8) is 0 Å². The molecule has 7 heteroatoms. The molecule has 1 saturated heterocycles. The summed E-state index contributed by atoms with van der Waals surface area (Å²) in [5, 5.41) is 5.72. The molecular weight excluding hydrogens is 396 g/mol. The van der Waals surface area contributed by atoms with E-state index in [0.717, 1.165) is 35.2 Å². The van der Waals surface area contributed by atoms with Crippen LogP contribution in [0.1, 0.15) is 18.5 Å². The first kappa shape index (κ1) is 18.5. The Morgan fingerprint density at radius 2 is 1.96 bits per heavy atom. The Morgan fingerprint density at radius 1 is 1.19 bits per heavy atom. The van der Waals surface area contributed by atoms with Crippen LogP contribution >= 0.6 is 15.9 Å². The van der Waals surface area contributed by atoms with Gasteiger partial charge in [0.25, 0.3) is 0 Å². The molecule has 0 radical (unpaired) electrons. The molecular formula is C19H21BrN4O2. The molecule has 2 aromatic rings. The predicted molar refractivity (Wildman–Crippen MR) is 105 cm³/mol. The Hall–Kier alpha value is -2.25. The van der Waals surface area contributed by atoms with Gasteiger partial charge in [-0.15, -0.1) is 0 Å². The number of carbonyl (C=O) groups excluding carboxylic acids is 2. The molecule has 2 amide bonds. The van der Waals surface area contributed by atoms with E-state index < -0.39 is 0 Å². The first-order valence-corrected chi connectivity index (χ1v) is 9.34. The van der Waals surface area contributed by atoms with Crippen LogP contribution in [-0.4, -0.2) is 40.8 Å². The Bertz CT molecular complexity index is 794. The summed E-state index contributed by atoms with van der Waals surface area (Å²) in [7, 11) is 0. The fraction of sp³-hybridized carbons (Fsp3) is 0.316. The number of aromatic nitrogens is 1. The minimum Gasteiger partial charge on any atom is -0.325 e. The molecule has 0 spiro atoms. The lowest BCUT2D eigenvalue weighted by Gasteiger charge is -2.23. The third kappa shape index (κ3) is 4.89. The zero-order valence-electron chi connectivity index (χ0n) is 14.5. The maximum atomic E-state index is 12.6. The number of amides is 2. The lowest BCUT2D eigenvalue weighted by atomic mass is 10.2. The standard InChI is InChI=1S/C19H21BrN4O2/c1-13-4-2-6-17(21-13)23-19(26)16-5-3-11-24(16)12-18(25)22-15-9-7-14(20)8-10-15/h2,4,6-10,16H,3,5,11-12H2,1H3,(H,22,25)(H,21,23,26)/t16-/m0/s1. The second-order valence-electron chi connectivity index (χ2n) is 6.34. The van der Waals surface area contributed by atoms with Gasteiger partial charge < -0.3 is 10.6 Å². The lowest BCUT2D eigenvalue weighted by molar-refractivity contribution is -0.122. The van der Waals surface area contributed by atoms with Crippen molar-refractivity contribution in [3.05, 3.63) is 52.6 Å². The summed E-state index contributed by atoms with van der Waals surface area (Å²) in [6, 6.07) is 12.6. The molecule has 1 aromatic carbocycles. The highest BCUT2D eigenvalue weighted by Gasteiger charge is 2.32. The van der Waals surface area contributed by atoms with Crippen molar-refractivity contribution < 1.29 is 9.59 Å². The van der Waals surface area contributed by atoms with Gasteiger partial charge in [0.05, 0.1) is 12.6 Å². The van der Waals surface area contributed by atoms with Gasteiger partial charge in [0.1, 0.15) is 5.82 Å². The third-order valence-electron chi connectivity index (χ3n) is 4.28. The predicted octanol–water partition coefficient (Wildman–Crippen LogP) is 3.19. The maximum absolute atomic E-state index is 12.6. The number of rotatable bonds is 5. The molecule has 0 aliphatic carbocycles. The molecule has 26 heavy (non-hydrogen) atoms. The smallest absolute Gasteiger partial charge is 0.242 e. The van der Waals surface area contributed by atoms with E-state index >= 15 is 0 Å². The van der Waals surface area contributed by atoms with Gasteiger partial charge in [-0.2, -0.15) is 0 Å². The summed E-state index contributed by atoms with van der Waals surface area (Å²) >= 11 is 3.37. The number of aryl methyl sites for hydroxylation is 1. The van der Waals surface area contributed by atoms with Crippen molar-refractivity contribution in [2.75, 3.05) is 23.7 Å². The van der Waals surface area contributed by atoms with Crippen molar-refractivity contribution in [2.24, 2.45) is 0 Å². The zero-order chi connectivity index (χ0) is 18.5. The number of nitrogens with zero attached hydrogens (tertiary/aromatic N) is 2. The normalized spacial score (nSPS) is 17.1. The van der Waals surface area contributed by atoms with Crippen LogP contribution in [0.25, 0.3) is 0 Å². The zero-order valence-corrected chi connectivity index (χ0v) is 16.1. The largest absolute Gasteiger partial charge is 0.325 e. The number of halogens is 1. The number of hydrogen-bond acceptors (Lipinski definition) is 4. The number of nitrogens with one attached hydrogen (secondary N) is 2. The molecule has 1 fully saturated rings. The van der Waals surface area contributed by atoms with Gasteiger partial charge >= 0.3 is 0 Å². The first-order valence-electron chi connectivity index (χ1n) is 8.55. The molecule has 136 valence electrons. The number of pyridine rings is 1. The Labute approximate surface area is 161 Å². The van der Waals surface area contributed by atoms with Crippen molar-refractivity contribution >= 4 is 39.2 Å². The molecule has 0 bridgehead atoms. The summed E-state index contributed by atoms with van der Waals surface area (Å²) < 4.78 is 0.955. The third-order valence-corrected chi connectivity index (χ3v) is 4.81. The molecule has 2 N–H and O–H groups in total. The van der Waals surface area contributed by atoms with E-state index in [1.54, 1.807) is 6.07 Å². The van der Waals surface area contributed by atoms with E-state index in [1.165, 1.54) is 0 Å². The fourth-order valence-electron chi connectivity index (χ4n) is 3.05. The molecule has 0 unspecified atom stereocenters. The summed E-state index contributed by atoms with van der Waals surface area (Å²) in [5.74, 6) is 0.305. The number of anilines is 2. The van der Waals surface area contributed by atoms with Crippen molar-refractivity contribution in [2.45, 2.75) is 25.8 Å². The quantitative estimate of drug-likeness (QED) is 0.784. The van der Waals surface area contributed by atoms with Crippen LogP contribution in [0.15, 0.2) is 46.9 Å². The number of likely N-dealkylation sites (tertiary alicyclic amines) is 1. The summed E-state index contributed by atoms with van der Waals surface area (Å²) in [4.78, 5) is 31.1. The minimum absolute atomic E-state index is 0.114. The number of hydrogen-bond donors (Lipinski definition) is 2. The van der Waals surface area contributed by atoms with Gasteiger partial charge in [-0.1, -0.05) is 22.0 Å². The molecule has 1 aliphatic heterocycles. The Balaban J connectivity index is 1.57. The van der Waals surface area contributed by atoms with Crippen molar-refractivity contribution in [1.29, 1.82) is 0 Å². The molecule has 0 saturated carbocycles. The summed E-state index contributed by atoms with van der Waals surface area (Å²) in [6.07, 6.45) is 1.63. The van der Waals surface area contributed by atoms with Crippen LogP contribution < -0.4 is 10.6 Å². The van der Waals surface area contributed by atoms with E-state index in [2.05, 4.69) is 31.5 Å². The topological polar surface area (TPSA) is 74.3 Å². The highest BCUT2D eigenvalue weighted by molar-refractivity contribution is 9.10. The minimum atomic E-state index is -0.312. The molecule has 1 aromatic heterocycles. The van der Waals surface area contributed by atoms with Crippen LogP contribution in [0.2, 0.25) is 0 Å². The SMILES string of the molecule is Cc1cccc(NC(=O)[C@@H]2CCCN2CC(=O)Nc2ccc(Br)cc2)n1. The molecule has 2 heterocycles. The Kier molecular flexibility index (Phi) is 6.00. The van der Waals surface area contributed by atoms with E-state index in [0.29, 0.717) is 5.82 Å². The van der Waals surface area contributed by atoms with Gasteiger partial charge in [-0.05, 0) is 62.7 Å². The van der Waals surface area contributed by atoms with Crippen LogP contribution in [0, 0.1) is 6.92 Å². The average molecular weight is 417 g/mol. The molecule has 3 rings (SSSR count). The van der Waals surface area contributed by atoms with Gasteiger partial charge in [0.15, 0.2) is 0 Å². The number of carbonyl (C=O) groups is 2. The van der Waals surface area contributed by atoms with E-state index in [-0.39, 0.29) is 24.4 Å². The maximum Gasteiger partial charge on any atom is 0.242 e. The first-order chi connectivity index (χ1) is 12.5. The fourth-order valence-corrected chi connectivity index (χ4v) is 3.32. The summed E-state index contributed by atoms with van der Waals surface area (Å²) in [5.41, 5.74) is 1.59. The van der Waals surface area contributed by atoms with E-state index in [4.69, 9.17) is 0 Å². The molecule has 6 nitrogen and oxygen atoms in total. The van der Waals surface area contributed by atoms with Gasteiger partial charge in [-0.3, -0.25) is 14.5 Å². The van der Waals surface area contributed by atoms with Gasteiger partial charge in [0.2, 0.25) is 11.8 Å². The van der Waals surface area contributed by atoms with Crippen LogP contribution in [0.5, 0.6) is 0 Å². The van der Waals surface area contributed by atoms with E-state index in [9.17, 15) is 9.59 Å². The number of benzene rings is 1. The monoisotopic (exact) mass is 416 g/mol. The van der Waals surface area contributed by atoms with Crippen LogP contribution in [0.3, 0.4) is 0 Å². The van der Waals surface area contributed by atoms with E-state index in [1.807, 2.05) is 48.2 Å². The average Bonchev–Trinajstić information content (AvgIpc) is 3.05. The van der Waals surface area contributed by atoms with Crippen molar-refractivity contribution in [1.82, 2.24) is 9.88 Å². The molecule has 1 aliphatic rings. The van der Waals surface area contributed by atoms with Gasteiger partial charge in [-0.25, -0.2) is 4.98 Å². The summed E-state index contributed by atoms with van der Waals surface area (Å²) in [6.45, 7) is 2.80. The highest BCUT2D eigenvalue weighted by atomic mass is 79.9. The van der Waals surface area contributed by atoms with Crippen molar-refractivity contribution in [3.8, 4) is 0 Å². The molecule has 1 atom stereocenters. The van der Waals surface area contributed by atoms with Crippen LogP contribution in [0.4, 0.5) is 11.5 Å².